The third-order valence-electron chi connectivity index (χ3n) is 6.45. The molecule has 2 atom stereocenters. The molecule has 0 amide bonds. The van der Waals surface area contributed by atoms with Crippen LogP contribution in [-0.4, -0.2) is 24.5 Å². The largest absolute Gasteiger partial charge is 0.489 e. The lowest BCUT2D eigenvalue weighted by Crippen LogP contribution is -2.46. The van der Waals surface area contributed by atoms with Gasteiger partial charge in [-0.15, -0.1) is 0 Å². The van der Waals surface area contributed by atoms with Crippen molar-refractivity contribution < 1.29 is 9.13 Å². The van der Waals surface area contributed by atoms with E-state index >= 15 is 4.39 Å². The van der Waals surface area contributed by atoms with Gasteiger partial charge in [-0.3, -0.25) is 0 Å². The van der Waals surface area contributed by atoms with Gasteiger partial charge in [-0.25, -0.2) is 4.39 Å². The van der Waals surface area contributed by atoms with Gasteiger partial charge in [-0.05, 0) is 54.6 Å². The topological polar surface area (TPSA) is 12.5 Å². The zero-order chi connectivity index (χ0) is 21.5. The number of likely N-dealkylation sites (tertiary alicyclic amines) is 1. The number of ether oxygens (including phenoxy) is 1. The molecule has 3 aromatic carbocycles. The minimum atomic E-state index is -1.30. The van der Waals surface area contributed by atoms with Crippen LogP contribution >= 0.6 is 0 Å². The Morgan fingerprint density at radius 1 is 0.935 bits per heavy atom. The summed E-state index contributed by atoms with van der Waals surface area (Å²) >= 11 is 0. The summed E-state index contributed by atoms with van der Waals surface area (Å²) < 4.78 is 22.1. The second-order valence-corrected chi connectivity index (χ2v) is 8.71. The summed E-state index contributed by atoms with van der Waals surface area (Å²) in [6.07, 6.45) is 2.72. The lowest BCUT2D eigenvalue weighted by atomic mass is 9.78. The minimum Gasteiger partial charge on any atom is -0.489 e. The van der Waals surface area contributed by atoms with Crippen LogP contribution in [0.1, 0.15) is 36.5 Å². The van der Waals surface area contributed by atoms with Gasteiger partial charge in [-0.1, -0.05) is 79.7 Å². The van der Waals surface area contributed by atoms with Gasteiger partial charge in [0.2, 0.25) is 0 Å². The Bertz CT molecular complexity index is 945. The van der Waals surface area contributed by atoms with Crippen LogP contribution in [0, 0.1) is 5.92 Å². The molecule has 1 heterocycles. The number of hydrogen-bond donors (Lipinski definition) is 0. The molecule has 0 aliphatic carbocycles. The molecule has 0 radical (unpaired) electrons. The van der Waals surface area contributed by atoms with Crippen molar-refractivity contribution >= 4 is 0 Å². The minimum absolute atomic E-state index is 0.0534. The van der Waals surface area contributed by atoms with Gasteiger partial charge in [-0.2, -0.15) is 0 Å². The van der Waals surface area contributed by atoms with Crippen LogP contribution in [0.25, 0.3) is 0 Å². The molecule has 0 saturated carbocycles. The van der Waals surface area contributed by atoms with E-state index in [2.05, 4.69) is 35.2 Å². The Morgan fingerprint density at radius 2 is 1.65 bits per heavy atom. The standard InChI is InChI=1S/C28H32FNO/c1-23-21-30(18-9-14-24-10-4-2-5-11-24)19-17-28(23,29)26-15-8-16-27(20-26)31-22-25-12-6-3-7-13-25/h2-8,10-13,15-16,20,23H,9,14,17-19,21-22H2,1H3. The van der Waals surface area contributed by atoms with Crippen LogP contribution in [-0.2, 0) is 18.7 Å². The third-order valence-corrected chi connectivity index (χ3v) is 6.45. The van der Waals surface area contributed by atoms with Crippen LogP contribution in [0.4, 0.5) is 4.39 Å². The number of piperidine rings is 1. The van der Waals surface area contributed by atoms with E-state index in [-0.39, 0.29) is 5.92 Å². The summed E-state index contributed by atoms with van der Waals surface area (Å²) in [6, 6.07) is 28.3. The Balaban J connectivity index is 1.33. The molecule has 0 N–H and O–H groups in total. The maximum absolute atomic E-state index is 16.1. The first-order chi connectivity index (χ1) is 15.1. The van der Waals surface area contributed by atoms with Gasteiger partial charge in [0.15, 0.2) is 0 Å². The first-order valence-electron chi connectivity index (χ1n) is 11.4. The van der Waals surface area contributed by atoms with E-state index < -0.39 is 5.67 Å². The predicted octanol–water partition coefficient (Wildman–Crippen LogP) is 6.41. The fourth-order valence-electron chi connectivity index (χ4n) is 4.56. The third kappa shape index (κ3) is 5.54. The smallest absolute Gasteiger partial charge is 0.141 e. The van der Waals surface area contributed by atoms with E-state index in [9.17, 15) is 0 Å². The number of aryl methyl sites for hydroxylation is 1. The van der Waals surface area contributed by atoms with Gasteiger partial charge in [0.1, 0.15) is 18.0 Å². The second kappa shape index (κ2) is 10.1. The molecule has 162 valence electrons. The Hall–Kier alpha value is -2.65. The molecule has 1 saturated heterocycles. The SMILES string of the molecule is CC1CN(CCCc2ccccc2)CCC1(F)c1cccc(OCc2ccccc2)c1. The number of benzene rings is 3. The van der Waals surface area contributed by atoms with Crippen LogP contribution in [0.3, 0.4) is 0 Å². The number of rotatable bonds is 8. The second-order valence-electron chi connectivity index (χ2n) is 8.71. The van der Waals surface area contributed by atoms with Gasteiger partial charge < -0.3 is 9.64 Å². The lowest BCUT2D eigenvalue weighted by molar-refractivity contribution is 0.00115. The molecule has 2 unspecified atom stereocenters. The summed E-state index contributed by atoms with van der Waals surface area (Å²) in [7, 11) is 0. The highest BCUT2D eigenvalue weighted by atomic mass is 19.1. The zero-order valence-corrected chi connectivity index (χ0v) is 18.3. The highest BCUT2D eigenvalue weighted by Gasteiger charge is 2.42. The van der Waals surface area contributed by atoms with Gasteiger partial charge in [0.05, 0.1) is 0 Å². The van der Waals surface area contributed by atoms with E-state index in [0.29, 0.717) is 13.0 Å². The lowest BCUT2D eigenvalue weighted by Gasteiger charge is -2.42. The van der Waals surface area contributed by atoms with Crippen molar-refractivity contribution in [3.8, 4) is 5.75 Å². The monoisotopic (exact) mass is 417 g/mol. The van der Waals surface area contributed by atoms with E-state index in [1.807, 2.05) is 61.5 Å². The van der Waals surface area contributed by atoms with Gasteiger partial charge in [0, 0.05) is 19.0 Å². The fraction of sp³-hybridized carbons (Fsp3) is 0.357. The van der Waals surface area contributed by atoms with Crippen molar-refractivity contribution in [2.24, 2.45) is 5.92 Å². The summed E-state index contributed by atoms with van der Waals surface area (Å²) in [6.45, 7) is 5.15. The summed E-state index contributed by atoms with van der Waals surface area (Å²) in [5.74, 6) is 0.679. The molecule has 0 bridgehead atoms. The van der Waals surface area contributed by atoms with E-state index in [1.165, 1.54) is 5.56 Å². The van der Waals surface area contributed by atoms with E-state index in [4.69, 9.17) is 4.74 Å². The van der Waals surface area contributed by atoms with Crippen molar-refractivity contribution in [3.63, 3.8) is 0 Å². The average Bonchev–Trinajstić information content (AvgIpc) is 2.82. The molecular formula is C28H32FNO. The van der Waals surface area contributed by atoms with Crippen LogP contribution in [0.2, 0.25) is 0 Å². The molecule has 1 aliphatic heterocycles. The number of alkyl halides is 1. The maximum atomic E-state index is 16.1. The van der Waals surface area contributed by atoms with Crippen LogP contribution < -0.4 is 4.74 Å². The summed E-state index contributed by atoms with van der Waals surface area (Å²) in [5, 5.41) is 0. The predicted molar refractivity (Wildman–Crippen MR) is 125 cm³/mol. The van der Waals surface area contributed by atoms with Gasteiger partial charge >= 0.3 is 0 Å². The van der Waals surface area contributed by atoms with Crippen molar-refractivity contribution in [1.29, 1.82) is 0 Å². The molecule has 1 fully saturated rings. The van der Waals surface area contributed by atoms with Crippen molar-refractivity contribution in [2.45, 2.75) is 38.5 Å². The Kier molecular flexibility index (Phi) is 7.03. The molecular weight excluding hydrogens is 385 g/mol. The highest BCUT2D eigenvalue weighted by Crippen LogP contribution is 2.42. The Labute approximate surface area is 185 Å². The number of hydrogen-bond acceptors (Lipinski definition) is 2. The number of nitrogens with zero attached hydrogens (tertiary/aromatic N) is 1. The first-order valence-corrected chi connectivity index (χ1v) is 11.4. The number of halogens is 1. The highest BCUT2D eigenvalue weighted by molar-refractivity contribution is 5.34. The molecule has 1 aliphatic rings. The van der Waals surface area contributed by atoms with E-state index in [0.717, 1.165) is 49.4 Å². The summed E-state index contributed by atoms with van der Waals surface area (Å²) in [4.78, 5) is 2.42. The molecule has 2 nitrogen and oxygen atoms in total. The molecule has 0 aromatic heterocycles. The summed E-state index contributed by atoms with van der Waals surface area (Å²) in [5.41, 5.74) is 1.93. The first kappa shape index (κ1) is 21.6. The zero-order valence-electron chi connectivity index (χ0n) is 18.3. The average molecular weight is 418 g/mol. The van der Waals surface area contributed by atoms with Gasteiger partial charge in [0.25, 0.3) is 0 Å². The fourth-order valence-corrected chi connectivity index (χ4v) is 4.56. The van der Waals surface area contributed by atoms with Crippen molar-refractivity contribution in [1.82, 2.24) is 4.90 Å². The van der Waals surface area contributed by atoms with Crippen molar-refractivity contribution in [3.05, 3.63) is 102 Å². The van der Waals surface area contributed by atoms with E-state index in [1.54, 1.807) is 0 Å². The Morgan fingerprint density at radius 3 is 2.35 bits per heavy atom. The molecule has 3 aromatic rings. The molecule has 0 spiro atoms. The normalized spacial score (nSPS) is 21.7. The maximum Gasteiger partial charge on any atom is 0.141 e. The van der Waals surface area contributed by atoms with Crippen molar-refractivity contribution in [2.75, 3.05) is 19.6 Å². The molecule has 4 rings (SSSR count). The van der Waals surface area contributed by atoms with Crippen LogP contribution in [0.5, 0.6) is 5.75 Å². The quantitative estimate of drug-likeness (QED) is 0.420. The molecule has 31 heavy (non-hydrogen) atoms. The van der Waals surface area contributed by atoms with Crippen LogP contribution in [0.15, 0.2) is 84.9 Å². The molecule has 3 heteroatoms.